The average Bonchev–Trinajstić information content (AvgIpc) is 2.51. The van der Waals surface area contributed by atoms with Gasteiger partial charge in [0.25, 0.3) is 0 Å². The number of carbonyl (C=O) groups excluding carboxylic acids is 1. The maximum Gasteiger partial charge on any atom is 0.339 e. The zero-order chi connectivity index (χ0) is 17.4. The smallest absolute Gasteiger partial charge is 0.339 e. The van der Waals surface area contributed by atoms with Crippen LogP contribution in [-0.4, -0.2) is 23.1 Å². The van der Waals surface area contributed by atoms with E-state index in [4.69, 9.17) is 4.74 Å². The van der Waals surface area contributed by atoms with Crippen molar-refractivity contribution in [1.82, 2.24) is 0 Å². The molecule has 4 heteroatoms. The lowest BCUT2D eigenvalue weighted by Gasteiger charge is -2.27. The Morgan fingerprint density at radius 3 is 2.22 bits per heavy atom. The Balaban J connectivity index is 2.98. The summed E-state index contributed by atoms with van der Waals surface area (Å²) in [4.78, 5) is 23.8. The third-order valence-corrected chi connectivity index (χ3v) is 4.05. The van der Waals surface area contributed by atoms with Crippen LogP contribution in [0.4, 0.5) is 0 Å². The van der Waals surface area contributed by atoms with Crippen molar-refractivity contribution in [3.8, 4) is 0 Å². The molecule has 0 aliphatic rings. The first kappa shape index (κ1) is 19.2. The minimum Gasteiger partial charge on any atom is -0.478 e. The van der Waals surface area contributed by atoms with Gasteiger partial charge in [0.05, 0.1) is 11.1 Å². The first-order valence-electron chi connectivity index (χ1n) is 8.43. The van der Waals surface area contributed by atoms with Gasteiger partial charge in [0.1, 0.15) is 6.10 Å². The summed E-state index contributed by atoms with van der Waals surface area (Å²) in [7, 11) is 0. The Labute approximate surface area is 138 Å². The second-order valence-corrected chi connectivity index (χ2v) is 6.38. The van der Waals surface area contributed by atoms with Crippen LogP contribution in [0.2, 0.25) is 0 Å². The molecule has 1 aromatic carbocycles. The van der Waals surface area contributed by atoms with Gasteiger partial charge in [-0.05, 0) is 43.2 Å². The van der Waals surface area contributed by atoms with Crippen LogP contribution in [0.5, 0.6) is 0 Å². The second kappa shape index (κ2) is 9.33. The molecule has 0 aliphatic heterocycles. The molecule has 0 fully saturated rings. The molecule has 0 aromatic heterocycles. The molecule has 0 saturated heterocycles. The van der Waals surface area contributed by atoms with Crippen molar-refractivity contribution in [2.45, 2.75) is 59.5 Å². The molecular formula is C19H28O4. The number of carbonyl (C=O) groups is 2. The number of benzene rings is 1. The van der Waals surface area contributed by atoms with E-state index in [0.717, 1.165) is 25.7 Å². The predicted octanol–water partition coefficient (Wildman–Crippen LogP) is 4.78. The lowest BCUT2D eigenvalue weighted by molar-refractivity contribution is 0.00452. The summed E-state index contributed by atoms with van der Waals surface area (Å²) in [6, 6.07) is 6.21. The van der Waals surface area contributed by atoms with Crippen LogP contribution in [0.25, 0.3) is 0 Å². The van der Waals surface area contributed by atoms with Gasteiger partial charge in [-0.15, -0.1) is 0 Å². The van der Waals surface area contributed by atoms with Gasteiger partial charge >= 0.3 is 11.9 Å². The molecule has 1 aromatic rings. The van der Waals surface area contributed by atoms with Crippen LogP contribution in [-0.2, 0) is 4.74 Å². The minimum absolute atomic E-state index is 0.00987. The molecular weight excluding hydrogens is 292 g/mol. The predicted molar refractivity (Wildman–Crippen MR) is 90.7 cm³/mol. The van der Waals surface area contributed by atoms with Gasteiger partial charge in [0, 0.05) is 0 Å². The average molecular weight is 320 g/mol. The maximum atomic E-state index is 12.5. The maximum absolute atomic E-state index is 12.5. The van der Waals surface area contributed by atoms with E-state index in [1.165, 1.54) is 12.1 Å². The van der Waals surface area contributed by atoms with E-state index in [1.54, 1.807) is 12.1 Å². The number of esters is 1. The zero-order valence-corrected chi connectivity index (χ0v) is 14.5. The number of carboxylic acids is 1. The van der Waals surface area contributed by atoms with Crippen molar-refractivity contribution in [2.75, 3.05) is 0 Å². The van der Waals surface area contributed by atoms with E-state index in [9.17, 15) is 14.7 Å². The molecule has 0 bridgehead atoms. The zero-order valence-electron chi connectivity index (χ0n) is 14.5. The Hall–Kier alpha value is -1.84. The van der Waals surface area contributed by atoms with Crippen molar-refractivity contribution >= 4 is 11.9 Å². The molecule has 0 aliphatic carbocycles. The summed E-state index contributed by atoms with van der Waals surface area (Å²) in [6.07, 6.45) is 3.60. The van der Waals surface area contributed by atoms with Crippen molar-refractivity contribution < 1.29 is 19.4 Å². The molecule has 4 nitrogen and oxygen atoms in total. The van der Waals surface area contributed by atoms with Gasteiger partial charge in [-0.2, -0.15) is 0 Å². The highest BCUT2D eigenvalue weighted by molar-refractivity contribution is 6.02. The molecule has 0 spiro atoms. The van der Waals surface area contributed by atoms with Crippen molar-refractivity contribution in [3.63, 3.8) is 0 Å². The van der Waals surface area contributed by atoms with E-state index in [0.29, 0.717) is 11.8 Å². The summed E-state index contributed by atoms with van der Waals surface area (Å²) < 4.78 is 5.74. The lowest BCUT2D eigenvalue weighted by atomic mass is 9.89. The van der Waals surface area contributed by atoms with E-state index in [1.807, 2.05) is 0 Å². The van der Waals surface area contributed by atoms with Crippen LogP contribution in [0.1, 0.15) is 74.1 Å². The largest absolute Gasteiger partial charge is 0.478 e. The van der Waals surface area contributed by atoms with Gasteiger partial charge in [0.15, 0.2) is 0 Å². The quantitative estimate of drug-likeness (QED) is 0.665. The molecule has 0 amide bonds. The van der Waals surface area contributed by atoms with Crippen LogP contribution < -0.4 is 0 Å². The van der Waals surface area contributed by atoms with Crippen LogP contribution >= 0.6 is 0 Å². The highest BCUT2D eigenvalue weighted by atomic mass is 16.5. The van der Waals surface area contributed by atoms with Crippen LogP contribution in [0.3, 0.4) is 0 Å². The first-order valence-corrected chi connectivity index (χ1v) is 8.43. The molecule has 2 unspecified atom stereocenters. The standard InChI is InChI=1S/C19H28O4/c1-5-9-14(6-2)17(12-13(3)4)23-19(22)16-11-8-7-10-15(16)18(20)21/h7-8,10-11,13-14,17H,5-6,9,12H2,1-4H3,(H,20,21). The number of carboxylic acid groups (broad SMARTS) is 1. The Kier molecular flexibility index (Phi) is 7.79. The second-order valence-electron chi connectivity index (χ2n) is 6.38. The number of ether oxygens (including phenoxy) is 1. The molecule has 23 heavy (non-hydrogen) atoms. The molecule has 0 saturated carbocycles. The topological polar surface area (TPSA) is 63.6 Å². The van der Waals surface area contributed by atoms with E-state index in [2.05, 4.69) is 27.7 Å². The Bertz CT molecular complexity index is 522. The highest BCUT2D eigenvalue weighted by Gasteiger charge is 2.26. The van der Waals surface area contributed by atoms with Crippen molar-refractivity contribution in [3.05, 3.63) is 35.4 Å². The molecule has 128 valence electrons. The molecule has 0 radical (unpaired) electrons. The molecule has 2 atom stereocenters. The van der Waals surface area contributed by atoms with Gasteiger partial charge in [-0.25, -0.2) is 9.59 Å². The fourth-order valence-electron chi connectivity index (χ4n) is 2.87. The van der Waals surface area contributed by atoms with Gasteiger partial charge in [-0.1, -0.05) is 46.2 Å². The lowest BCUT2D eigenvalue weighted by Crippen LogP contribution is -2.29. The fraction of sp³-hybridized carbons (Fsp3) is 0.579. The Morgan fingerprint density at radius 1 is 1.13 bits per heavy atom. The summed E-state index contributed by atoms with van der Waals surface area (Å²) in [6.45, 7) is 8.43. The Morgan fingerprint density at radius 2 is 1.74 bits per heavy atom. The highest BCUT2D eigenvalue weighted by Crippen LogP contribution is 2.25. The monoisotopic (exact) mass is 320 g/mol. The third-order valence-electron chi connectivity index (χ3n) is 4.05. The summed E-state index contributed by atoms with van der Waals surface area (Å²) in [5.74, 6) is -0.932. The summed E-state index contributed by atoms with van der Waals surface area (Å²) in [5.41, 5.74) is 0.115. The number of rotatable bonds is 9. The molecule has 1 rings (SSSR count). The van der Waals surface area contributed by atoms with Crippen molar-refractivity contribution in [1.29, 1.82) is 0 Å². The summed E-state index contributed by atoms with van der Waals surface area (Å²) >= 11 is 0. The van der Waals surface area contributed by atoms with Gasteiger partial charge in [0.2, 0.25) is 0 Å². The van der Waals surface area contributed by atoms with Crippen LogP contribution in [0.15, 0.2) is 24.3 Å². The van der Waals surface area contributed by atoms with E-state index in [-0.39, 0.29) is 17.2 Å². The number of hydrogen-bond acceptors (Lipinski definition) is 3. The van der Waals surface area contributed by atoms with Crippen molar-refractivity contribution in [2.24, 2.45) is 11.8 Å². The summed E-state index contributed by atoms with van der Waals surface area (Å²) in [5, 5.41) is 9.23. The molecule has 0 heterocycles. The number of aromatic carboxylic acids is 1. The fourth-order valence-corrected chi connectivity index (χ4v) is 2.87. The minimum atomic E-state index is -1.11. The number of hydrogen-bond donors (Lipinski definition) is 1. The normalized spacial score (nSPS) is 13.6. The van der Waals surface area contributed by atoms with Gasteiger partial charge < -0.3 is 9.84 Å². The van der Waals surface area contributed by atoms with E-state index >= 15 is 0 Å². The first-order chi connectivity index (χ1) is 10.9. The van der Waals surface area contributed by atoms with Gasteiger partial charge in [-0.3, -0.25) is 0 Å². The third kappa shape index (κ3) is 5.70. The van der Waals surface area contributed by atoms with E-state index < -0.39 is 11.9 Å². The molecule has 1 N–H and O–H groups in total. The van der Waals surface area contributed by atoms with Crippen LogP contribution in [0, 0.1) is 11.8 Å². The SMILES string of the molecule is CCCC(CC)C(CC(C)C)OC(=O)c1ccccc1C(=O)O.